The Hall–Kier alpha value is -1.68. The highest BCUT2D eigenvalue weighted by Crippen LogP contribution is 2.57. The first-order valence-electron chi connectivity index (χ1n) is 8.68. The Morgan fingerprint density at radius 1 is 0.483 bits per heavy atom. The van der Waals surface area contributed by atoms with Gasteiger partial charge in [0, 0.05) is 22.5 Å². The average Bonchev–Trinajstić information content (AvgIpc) is 2.71. The minimum absolute atomic E-state index is 0.00613. The second kappa shape index (κ2) is 6.94. The van der Waals surface area contributed by atoms with Gasteiger partial charge in [-0.1, -0.05) is 0 Å². The van der Waals surface area contributed by atoms with E-state index in [1.807, 2.05) is 18.2 Å². The summed E-state index contributed by atoms with van der Waals surface area (Å²) < 4.78 is 2.80. The SMILES string of the molecule is N#Cc1cc2c(cc1I)C1c3cc(C#N)c(I)cc3C2c2cc(I)c(C#N)cc21. The monoisotopic (exact) mass is 707 g/mol. The van der Waals surface area contributed by atoms with Crippen LogP contribution in [0.25, 0.3) is 0 Å². The first kappa shape index (κ1) is 19.3. The lowest BCUT2D eigenvalue weighted by atomic mass is 9.60. The van der Waals surface area contributed by atoms with E-state index in [1.165, 1.54) is 16.7 Å². The summed E-state index contributed by atoms with van der Waals surface area (Å²) in [5.41, 5.74) is 9.04. The van der Waals surface area contributed by atoms with Crippen LogP contribution in [0.1, 0.15) is 61.9 Å². The molecule has 3 aliphatic rings. The Bertz CT molecular complexity index is 1320. The molecule has 0 N–H and O–H groups in total. The minimum Gasteiger partial charge on any atom is -0.192 e. The van der Waals surface area contributed by atoms with Gasteiger partial charge in [-0.25, -0.2) is 0 Å². The predicted molar refractivity (Wildman–Crippen MR) is 134 cm³/mol. The lowest BCUT2D eigenvalue weighted by Gasteiger charge is -2.43. The Balaban J connectivity index is 1.91. The molecule has 0 spiro atoms. The van der Waals surface area contributed by atoms with Crippen molar-refractivity contribution in [1.29, 1.82) is 15.8 Å². The molecule has 0 radical (unpaired) electrons. The smallest absolute Gasteiger partial charge is 0.100 e. The van der Waals surface area contributed by atoms with Crippen molar-refractivity contribution in [2.75, 3.05) is 0 Å². The summed E-state index contributed by atoms with van der Waals surface area (Å²) in [6.45, 7) is 0. The molecule has 3 aromatic carbocycles. The number of halogens is 3. The van der Waals surface area contributed by atoms with Crippen LogP contribution in [0.2, 0.25) is 0 Å². The van der Waals surface area contributed by atoms with Crippen LogP contribution in [0.5, 0.6) is 0 Å². The molecule has 0 unspecified atom stereocenters. The Kier molecular flexibility index (Phi) is 4.62. The van der Waals surface area contributed by atoms with Crippen molar-refractivity contribution in [2.45, 2.75) is 11.8 Å². The van der Waals surface area contributed by atoms with Crippen molar-refractivity contribution in [3.8, 4) is 18.2 Å². The van der Waals surface area contributed by atoms with Crippen LogP contribution >= 0.6 is 67.8 Å². The maximum atomic E-state index is 9.58. The van der Waals surface area contributed by atoms with Crippen molar-refractivity contribution >= 4 is 67.8 Å². The van der Waals surface area contributed by atoms with E-state index in [0.29, 0.717) is 16.7 Å². The highest BCUT2D eigenvalue weighted by Gasteiger charge is 2.42. The van der Waals surface area contributed by atoms with Crippen LogP contribution in [0.4, 0.5) is 0 Å². The number of benzene rings is 3. The third-order valence-corrected chi connectivity index (χ3v) is 8.42. The molecule has 0 saturated carbocycles. The zero-order valence-electron chi connectivity index (χ0n) is 14.6. The molecule has 0 heterocycles. The van der Waals surface area contributed by atoms with Crippen LogP contribution in [-0.4, -0.2) is 0 Å². The first-order valence-corrected chi connectivity index (χ1v) is 11.9. The molecule has 3 nitrogen and oxygen atoms in total. The van der Waals surface area contributed by atoms with Crippen molar-refractivity contribution in [3.05, 3.63) is 97.2 Å². The van der Waals surface area contributed by atoms with Crippen molar-refractivity contribution < 1.29 is 0 Å². The van der Waals surface area contributed by atoms with Gasteiger partial charge in [0.1, 0.15) is 18.2 Å². The molecule has 0 amide bonds. The molecule has 136 valence electrons. The van der Waals surface area contributed by atoms with Crippen molar-refractivity contribution in [3.63, 3.8) is 0 Å². The molecule has 0 atom stereocenters. The highest BCUT2D eigenvalue weighted by atomic mass is 127. The Morgan fingerprint density at radius 3 is 0.966 bits per heavy atom. The van der Waals surface area contributed by atoms with Crippen molar-refractivity contribution in [1.82, 2.24) is 0 Å². The molecule has 6 rings (SSSR count). The van der Waals surface area contributed by atoms with Gasteiger partial charge in [0.2, 0.25) is 0 Å². The van der Waals surface area contributed by atoms with Crippen LogP contribution in [0.15, 0.2) is 36.4 Å². The molecule has 0 aliphatic heterocycles. The van der Waals surface area contributed by atoms with Gasteiger partial charge in [0.05, 0.1) is 16.7 Å². The number of hydrogen-bond donors (Lipinski definition) is 0. The minimum atomic E-state index is -0.0329. The van der Waals surface area contributed by atoms with E-state index >= 15 is 0 Å². The molecule has 0 aromatic heterocycles. The van der Waals surface area contributed by atoms with Gasteiger partial charge in [0.15, 0.2) is 0 Å². The van der Waals surface area contributed by atoms with Crippen LogP contribution < -0.4 is 0 Å². The Morgan fingerprint density at radius 2 is 0.724 bits per heavy atom. The summed E-state index contributed by atoms with van der Waals surface area (Å²) in [5.74, 6) is -0.0268. The van der Waals surface area contributed by atoms with Crippen LogP contribution in [0.3, 0.4) is 0 Å². The van der Waals surface area contributed by atoms with E-state index in [9.17, 15) is 15.8 Å². The molecule has 0 fully saturated rings. The quantitative estimate of drug-likeness (QED) is 0.183. The third-order valence-electron chi connectivity index (χ3n) is 5.75. The summed E-state index contributed by atoms with van der Waals surface area (Å²) in [6.07, 6.45) is 0. The van der Waals surface area contributed by atoms with Gasteiger partial charge < -0.3 is 0 Å². The van der Waals surface area contributed by atoms with E-state index in [2.05, 4.69) is 104 Å². The lowest BCUT2D eigenvalue weighted by Crippen LogP contribution is -2.28. The van der Waals surface area contributed by atoms with Gasteiger partial charge in [-0.15, -0.1) is 0 Å². The number of nitriles is 3. The zero-order valence-corrected chi connectivity index (χ0v) is 21.1. The molecular weight excluding hydrogens is 699 g/mol. The fourth-order valence-electron chi connectivity index (χ4n) is 4.58. The molecule has 3 aromatic rings. The summed E-state index contributed by atoms with van der Waals surface area (Å²) in [7, 11) is 0. The van der Waals surface area contributed by atoms with Gasteiger partial charge in [-0.3, -0.25) is 0 Å². The molecule has 29 heavy (non-hydrogen) atoms. The normalized spacial score (nSPS) is 17.4. The van der Waals surface area contributed by atoms with Gasteiger partial charge in [0.25, 0.3) is 0 Å². The standard InChI is InChI=1S/C23H8I3N3/c24-19-4-16-15(3-12(19)9-29)23-17-5-20(25)10(7-27)1-13(17)22(16)14-2-11(8-28)21(26)6-18(14)23/h1-6,22-23H. The third kappa shape index (κ3) is 2.67. The second-order valence-corrected chi connectivity index (χ2v) is 10.6. The summed E-state index contributed by atoms with van der Waals surface area (Å²) in [5, 5.41) is 28.7. The summed E-state index contributed by atoms with van der Waals surface area (Å²) in [6, 6.07) is 19.3. The molecular formula is C23H8I3N3. The van der Waals surface area contributed by atoms with E-state index < -0.39 is 0 Å². The van der Waals surface area contributed by atoms with Crippen LogP contribution in [-0.2, 0) is 0 Å². The molecule has 2 bridgehead atoms. The lowest BCUT2D eigenvalue weighted by molar-refractivity contribution is 0.750. The van der Waals surface area contributed by atoms with Crippen molar-refractivity contribution in [2.24, 2.45) is 0 Å². The summed E-state index contributed by atoms with van der Waals surface area (Å²) in [4.78, 5) is 0. The first-order chi connectivity index (χ1) is 14.0. The van der Waals surface area contributed by atoms with Crippen LogP contribution in [0, 0.1) is 44.7 Å². The number of nitrogens with zero attached hydrogens (tertiary/aromatic N) is 3. The fourth-order valence-corrected chi connectivity index (χ4v) is 6.41. The topological polar surface area (TPSA) is 71.4 Å². The second-order valence-electron chi connectivity index (χ2n) is 7.08. The largest absolute Gasteiger partial charge is 0.192 e. The average molecular weight is 707 g/mol. The van der Waals surface area contributed by atoms with E-state index in [-0.39, 0.29) is 11.8 Å². The number of rotatable bonds is 0. The number of hydrogen-bond acceptors (Lipinski definition) is 3. The predicted octanol–water partition coefficient (Wildman–Crippen LogP) is 6.10. The highest BCUT2D eigenvalue weighted by molar-refractivity contribution is 14.1. The molecule has 6 heteroatoms. The summed E-state index contributed by atoms with van der Waals surface area (Å²) >= 11 is 6.66. The van der Waals surface area contributed by atoms with Gasteiger partial charge in [-0.05, 0) is 138 Å². The van der Waals surface area contributed by atoms with Gasteiger partial charge >= 0.3 is 0 Å². The Labute approximate surface area is 208 Å². The van der Waals surface area contributed by atoms with E-state index in [0.717, 1.165) is 27.4 Å². The molecule has 0 saturated heterocycles. The molecule has 3 aliphatic carbocycles. The van der Waals surface area contributed by atoms with E-state index in [4.69, 9.17) is 0 Å². The van der Waals surface area contributed by atoms with Gasteiger partial charge in [-0.2, -0.15) is 15.8 Å². The van der Waals surface area contributed by atoms with E-state index in [1.54, 1.807) is 0 Å². The zero-order chi connectivity index (χ0) is 20.4. The fraction of sp³-hybridized carbons (Fsp3) is 0.0870. The maximum Gasteiger partial charge on any atom is 0.100 e. The maximum absolute atomic E-state index is 9.58.